The quantitative estimate of drug-likeness (QED) is 0.691. The van der Waals surface area contributed by atoms with Gasteiger partial charge >= 0.3 is 0 Å². The predicted octanol–water partition coefficient (Wildman–Crippen LogP) is 2.89. The molecule has 3 rings (SSSR count). The van der Waals surface area contributed by atoms with Gasteiger partial charge in [-0.25, -0.2) is 9.97 Å². The number of imidazole rings is 1. The Hall–Kier alpha value is -1.88. The summed E-state index contributed by atoms with van der Waals surface area (Å²) in [5.74, 6) is 0.792. The molecule has 3 aromatic rings. The van der Waals surface area contributed by atoms with E-state index in [0.29, 0.717) is 0 Å². The molecule has 3 N–H and O–H groups in total. The molecule has 86 valence electrons. The molecule has 0 aromatic carbocycles. The number of aryl methyl sites for hydroxylation is 2. The van der Waals surface area contributed by atoms with Gasteiger partial charge in [0.15, 0.2) is 5.65 Å². The van der Waals surface area contributed by atoms with Crippen LogP contribution in [0, 0.1) is 13.8 Å². The maximum atomic E-state index is 5.96. The number of anilines is 1. The van der Waals surface area contributed by atoms with Crippen molar-refractivity contribution in [2.24, 2.45) is 0 Å². The molecule has 0 saturated carbocycles. The number of H-pyrrole nitrogens is 1. The Morgan fingerprint density at radius 2 is 2.12 bits per heavy atom. The van der Waals surface area contributed by atoms with Crippen LogP contribution in [-0.4, -0.2) is 15.0 Å². The van der Waals surface area contributed by atoms with E-state index in [2.05, 4.69) is 15.0 Å². The van der Waals surface area contributed by atoms with Crippen molar-refractivity contribution in [1.82, 2.24) is 15.0 Å². The van der Waals surface area contributed by atoms with Crippen LogP contribution in [-0.2, 0) is 0 Å². The lowest BCUT2D eigenvalue weighted by Gasteiger charge is -1.92. The van der Waals surface area contributed by atoms with Gasteiger partial charge in [-0.3, -0.25) is 0 Å². The molecular weight excluding hydrogens is 232 g/mol. The third-order valence-corrected chi connectivity index (χ3v) is 3.49. The van der Waals surface area contributed by atoms with Crippen LogP contribution in [0.2, 0.25) is 0 Å². The summed E-state index contributed by atoms with van der Waals surface area (Å²) in [5.41, 5.74) is 9.72. The molecule has 0 fully saturated rings. The number of hydrogen-bond acceptors (Lipinski definition) is 4. The van der Waals surface area contributed by atoms with E-state index in [4.69, 9.17) is 5.73 Å². The van der Waals surface area contributed by atoms with Crippen LogP contribution < -0.4 is 5.73 Å². The monoisotopic (exact) mass is 244 g/mol. The van der Waals surface area contributed by atoms with Gasteiger partial charge in [-0.05, 0) is 31.5 Å². The van der Waals surface area contributed by atoms with Gasteiger partial charge in [-0.2, -0.15) is 0 Å². The minimum Gasteiger partial charge on any atom is -0.390 e. The number of nitrogens with two attached hydrogens (primary N) is 1. The normalized spacial score (nSPS) is 11.2. The van der Waals surface area contributed by atoms with Crippen molar-refractivity contribution in [2.45, 2.75) is 13.8 Å². The van der Waals surface area contributed by atoms with Gasteiger partial charge in [0.25, 0.3) is 0 Å². The summed E-state index contributed by atoms with van der Waals surface area (Å²) < 4.78 is 0. The molecule has 0 amide bonds. The van der Waals surface area contributed by atoms with Gasteiger partial charge in [0.05, 0.1) is 16.1 Å². The molecule has 3 heterocycles. The van der Waals surface area contributed by atoms with Gasteiger partial charge in [-0.15, -0.1) is 11.3 Å². The van der Waals surface area contributed by atoms with Gasteiger partial charge in [-0.1, -0.05) is 0 Å². The number of aromatic amines is 1. The third kappa shape index (κ3) is 1.68. The summed E-state index contributed by atoms with van der Waals surface area (Å²) in [5, 5.41) is 0.790. The first-order valence-electron chi connectivity index (χ1n) is 5.32. The number of thiophene rings is 1. The lowest BCUT2D eigenvalue weighted by atomic mass is 10.3. The fourth-order valence-electron chi connectivity index (χ4n) is 1.85. The van der Waals surface area contributed by atoms with Crippen LogP contribution >= 0.6 is 11.3 Å². The Morgan fingerprint density at radius 3 is 2.82 bits per heavy atom. The van der Waals surface area contributed by atoms with E-state index in [9.17, 15) is 0 Å². The smallest absolute Gasteiger partial charge is 0.178 e. The van der Waals surface area contributed by atoms with Crippen LogP contribution in [0.15, 0.2) is 18.3 Å². The zero-order valence-corrected chi connectivity index (χ0v) is 10.4. The maximum Gasteiger partial charge on any atom is 0.178 e. The predicted molar refractivity (Wildman–Crippen MR) is 71.1 cm³/mol. The number of aromatic nitrogens is 3. The van der Waals surface area contributed by atoms with Crippen LogP contribution in [0.1, 0.15) is 10.4 Å². The van der Waals surface area contributed by atoms with E-state index in [-0.39, 0.29) is 0 Å². The molecule has 0 aliphatic carbocycles. The summed E-state index contributed by atoms with van der Waals surface area (Å²) >= 11 is 1.57. The molecule has 0 atom stereocenters. The van der Waals surface area contributed by atoms with E-state index in [1.54, 1.807) is 11.3 Å². The number of nitrogens with zero attached hydrogens (tertiary/aromatic N) is 2. The highest BCUT2D eigenvalue weighted by Crippen LogP contribution is 2.32. The van der Waals surface area contributed by atoms with Gasteiger partial charge in [0.1, 0.15) is 5.82 Å². The Labute approximate surface area is 103 Å². The molecule has 0 aliphatic rings. The number of pyridine rings is 1. The van der Waals surface area contributed by atoms with Gasteiger partial charge in [0, 0.05) is 11.1 Å². The standard InChI is InChI=1S/C12H12N4S/c1-6-3-9-12(14-5-6)16-11(15-9)8-4-7(2)17-10(8)13/h3-5H,13H2,1-2H3,(H,14,15,16). The van der Waals surface area contributed by atoms with Crippen LogP contribution in [0.3, 0.4) is 0 Å². The van der Waals surface area contributed by atoms with Crippen molar-refractivity contribution in [2.75, 3.05) is 5.73 Å². The second kappa shape index (κ2) is 3.56. The molecule has 0 saturated heterocycles. The first kappa shape index (κ1) is 10.3. The lowest BCUT2D eigenvalue weighted by molar-refractivity contribution is 1.28. The Morgan fingerprint density at radius 1 is 1.29 bits per heavy atom. The Balaban J connectivity index is 2.21. The van der Waals surface area contributed by atoms with E-state index >= 15 is 0 Å². The molecule has 5 heteroatoms. The number of rotatable bonds is 1. The summed E-state index contributed by atoms with van der Waals surface area (Å²) in [4.78, 5) is 13.2. The molecule has 3 aromatic heterocycles. The van der Waals surface area contributed by atoms with E-state index in [1.165, 1.54) is 4.88 Å². The number of fused-ring (bicyclic) bond motifs is 1. The molecule has 0 aliphatic heterocycles. The Bertz CT molecular complexity index is 696. The molecule has 4 nitrogen and oxygen atoms in total. The highest BCUT2D eigenvalue weighted by atomic mass is 32.1. The van der Waals surface area contributed by atoms with Crippen molar-refractivity contribution in [3.8, 4) is 11.4 Å². The summed E-state index contributed by atoms with van der Waals surface area (Å²) in [6.07, 6.45) is 1.81. The zero-order valence-electron chi connectivity index (χ0n) is 9.61. The van der Waals surface area contributed by atoms with Crippen molar-refractivity contribution in [3.05, 3.63) is 28.8 Å². The first-order valence-corrected chi connectivity index (χ1v) is 6.14. The van der Waals surface area contributed by atoms with Crippen molar-refractivity contribution in [3.63, 3.8) is 0 Å². The highest BCUT2D eigenvalue weighted by molar-refractivity contribution is 7.16. The summed E-state index contributed by atoms with van der Waals surface area (Å²) in [6.45, 7) is 4.05. The van der Waals surface area contributed by atoms with Crippen molar-refractivity contribution < 1.29 is 0 Å². The maximum absolute atomic E-state index is 5.96. The summed E-state index contributed by atoms with van der Waals surface area (Å²) in [7, 11) is 0. The topological polar surface area (TPSA) is 67.6 Å². The molecule has 0 radical (unpaired) electrons. The fourth-order valence-corrected chi connectivity index (χ4v) is 2.64. The van der Waals surface area contributed by atoms with Crippen LogP contribution in [0.5, 0.6) is 0 Å². The molecule has 0 unspecified atom stereocenters. The van der Waals surface area contributed by atoms with Gasteiger partial charge in [0.2, 0.25) is 0 Å². The second-order valence-corrected chi connectivity index (χ2v) is 5.39. The SMILES string of the molecule is Cc1cnc2nc(-c3cc(C)sc3N)[nH]c2c1. The number of nitrogen functional groups attached to an aromatic ring is 1. The minimum atomic E-state index is 0.730. The number of hydrogen-bond donors (Lipinski definition) is 2. The van der Waals surface area contributed by atoms with Crippen molar-refractivity contribution >= 4 is 27.5 Å². The molecular formula is C12H12N4S. The van der Waals surface area contributed by atoms with Crippen LogP contribution in [0.25, 0.3) is 22.6 Å². The fraction of sp³-hybridized carbons (Fsp3) is 0.167. The Kier molecular flexibility index (Phi) is 2.16. The lowest BCUT2D eigenvalue weighted by Crippen LogP contribution is -1.84. The van der Waals surface area contributed by atoms with E-state index in [0.717, 1.165) is 33.1 Å². The third-order valence-electron chi connectivity index (χ3n) is 2.61. The average molecular weight is 244 g/mol. The highest BCUT2D eigenvalue weighted by Gasteiger charge is 2.11. The largest absolute Gasteiger partial charge is 0.390 e. The molecule has 0 bridgehead atoms. The van der Waals surface area contributed by atoms with Crippen molar-refractivity contribution in [1.29, 1.82) is 0 Å². The number of nitrogens with one attached hydrogen (secondary N) is 1. The molecule has 17 heavy (non-hydrogen) atoms. The van der Waals surface area contributed by atoms with E-state index in [1.807, 2.05) is 32.2 Å². The van der Waals surface area contributed by atoms with Crippen LogP contribution in [0.4, 0.5) is 5.00 Å². The molecule has 0 spiro atoms. The van der Waals surface area contributed by atoms with Gasteiger partial charge < -0.3 is 10.7 Å². The minimum absolute atomic E-state index is 0.730. The average Bonchev–Trinajstić information content (AvgIpc) is 2.80. The first-order chi connectivity index (χ1) is 8.13. The van der Waals surface area contributed by atoms with E-state index < -0.39 is 0 Å². The summed E-state index contributed by atoms with van der Waals surface area (Å²) in [6, 6.07) is 4.08. The zero-order chi connectivity index (χ0) is 12.0. The second-order valence-electron chi connectivity index (χ2n) is 4.10.